The number of carbonyl (C=O) groups excluding carboxylic acids is 1. The third kappa shape index (κ3) is 3.76. The predicted octanol–water partition coefficient (Wildman–Crippen LogP) is 3.78. The number of halogens is 3. The number of pyridine rings is 1. The lowest BCUT2D eigenvalue weighted by molar-refractivity contribution is -0.137. The summed E-state index contributed by atoms with van der Waals surface area (Å²) in [5.74, 6) is 0.790. The summed E-state index contributed by atoms with van der Waals surface area (Å²) in [6, 6.07) is 9.15. The van der Waals surface area contributed by atoms with Gasteiger partial charge in [-0.05, 0) is 49.2 Å². The number of rotatable bonds is 3. The van der Waals surface area contributed by atoms with Gasteiger partial charge in [0.15, 0.2) is 5.65 Å². The van der Waals surface area contributed by atoms with E-state index in [0.717, 1.165) is 25.1 Å². The average molecular weight is 404 g/mol. The first-order valence-electron chi connectivity index (χ1n) is 9.22. The van der Waals surface area contributed by atoms with Crippen LogP contribution in [-0.2, 0) is 6.18 Å². The molecule has 1 unspecified atom stereocenters. The fourth-order valence-electron chi connectivity index (χ4n) is 3.64. The molecule has 3 heterocycles. The third-order valence-corrected chi connectivity index (χ3v) is 5.17. The van der Waals surface area contributed by atoms with Crippen LogP contribution in [0.2, 0.25) is 0 Å². The van der Waals surface area contributed by atoms with Crippen LogP contribution >= 0.6 is 0 Å². The Morgan fingerprint density at radius 3 is 2.59 bits per heavy atom. The summed E-state index contributed by atoms with van der Waals surface area (Å²) in [5.41, 5.74) is 0.136. The number of aromatic nitrogens is 3. The molecule has 2 aromatic heterocycles. The molecular formula is C20H19F3N4O2. The lowest BCUT2D eigenvalue weighted by atomic mass is 9.96. The van der Waals surface area contributed by atoms with Crippen LogP contribution < -0.4 is 4.74 Å². The van der Waals surface area contributed by atoms with Gasteiger partial charge in [-0.3, -0.25) is 9.20 Å². The lowest BCUT2D eigenvalue weighted by Gasteiger charge is -2.32. The van der Waals surface area contributed by atoms with Gasteiger partial charge in [-0.1, -0.05) is 0 Å². The van der Waals surface area contributed by atoms with E-state index in [-0.39, 0.29) is 11.8 Å². The van der Waals surface area contributed by atoms with Crippen LogP contribution in [0, 0.1) is 0 Å². The Balaban J connectivity index is 1.58. The largest absolute Gasteiger partial charge is 0.497 e. The first-order valence-corrected chi connectivity index (χ1v) is 9.22. The monoisotopic (exact) mass is 404 g/mol. The molecule has 1 saturated heterocycles. The number of hydrogen-bond donors (Lipinski definition) is 0. The molecule has 0 spiro atoms. The number of fused-ring (bicyclic) bond motifs is 1. The van der Waals surface area contributed by atoms with Crippen molar-refractivity contribution < 1.29 is 22.7 Å². The molecule has 0 radical (unpaired) electrons. The molecule has 29 heavy (non-hydrogen) atoms. The van der Waals surface area contributed by atoms with Gasteiger partial charge >= 0.3 is 6.18 Å². The van der Waals surface area contributed by atoms with E-state index >= 15 is 0 Å². The Hall–Kier alpha value is -3.10. The molecule has 152 valence electrons. The van der Waals surface area contributed by atoms with Crippen LogP contribution in [0.3, 0.4) is 0 Å². The summed E-state index contributed by atoms with van der Waals surface area (Å²) >= 11 is 0. The van der Waals surface area contributed by atoms with E-state index in [2.05, 4.69) is 10.2 Å². The van der Waals surface area contributed by atoms with E-state index in [1.54, 1.807) is 36.3 Å². The highest BCUT2D eigenvalue weighted by Crippen LogP contribution is 2.31. The molecule has 0 N–H and O–H groups in total. The van der Waals surface area contributed by atoms with E-state index in [4.69, 9.17) is 4.74 Å². The second-order valence-electron chi connectivity index (χ2n) is 7.02. The summed E-state index contributed by atoms with van der Waals surface area (Å²) in [6.07, 6.45) is -1.96. The van der Waals surface area contributed by atoms with Crippen molar-refractivity contribution in [2.24, 2.45) is 0 Å². The molecule has 3 aromatic rings. The van der Waals surface area contributed by atoms with Crippen molar-refractivity contribution in [1.29, 1.82) is 0 Å². The summed E-state index contributed by atoms with van der Waals surface area (Å²) in [6.45, 7) is 0.966. The minimum atomic E-state index is -4.45. The first kappa shape index (κ1) is 19.2. The van der Waals surface area contributed by atoms with Crippen molar-refractivity contribution in [2.45, 2.75) is 24.9 Å². The Morgan fingerprint density at radius 1 is 1.14 bits per heavy atom. The van der Waals surface area contributed by atoms with E-state index in [1.165, 1.54) is 10.5 Å². The molecule has 1 aliphatic heterocycles. The summed E-state index contributed by atoms with van der Waals surface area (Å²) in [4.78, 5) is 14.6. The maximum absolute atomic E-state index is 13.1. The summed E-state index contributed by atoms with van der Waals surface area (Å²) < 4.78 is 45.8. The Labute approximate surface area is 164 Å². The Bertz CT molecular complexity index is 1030. The van der Waals surface area contributed by atoms with Crippen molar-refractivity contribution in [3.8, 4) is 5.75 Å². The van der Waals surface area contributed by atoms with Crippen molar-refractivity contribution in [1.82, 2.24) is 19.5 Å². The zero-order chi connectivity index (χ0) is 20.6. The summed E-state index contributed by atoms with van der Waals surface area (Å²) in [5, 5.41) is 8.11. The number of nitrogens with zero attached hydrogens (tertiary/aromatic N) is 4. The van der Waals surface area contributed by atoms with Gasteiger partial charge in [0.25, 0.3) is 5.91 Å². The van der Waals surface area contributed by atoms with Crippen LogP contribution in [0.15, 0.2) is 42.6 Å². The third-order valence-electron chi connectivity index (χ3n) is 5.17. The van der Waals surface area contributed by atoms with Crippen LogP contribution in [0.5, 0.6) is 5.75 Å². The van der Waals surface area contributed by atoms with E-state index in [9.17, 15) is 18.0 Å². The number of amides is 1. The normalized spacial score (nSPS) is 17.5. The number of piperidine rings is 1. The summed E-state index contributed by atoms with van der Waals surface area (Å²) in [7, 11) is 1.55. The van der Waals surface area contributed by atoms with E-state index in [1.807, 2.05) is 0 Å². The minimum Gasteiger partial charge on any atom is -0.497 e. The fraction of sp³-hybridized carbons (Fsp3) is 0.350. The molecule has 1 aromatic carbocycles. The van der Waals surface area contributed by atoms with E-state index < -0.39 is 11.7 Å². The SMILES string of the molecule is COc1ccc(C(=O)N2CCCC(c3nnc4ccc(C(F)(F)F)cn34)C2)cc1. The maximum Gasteiger partial charge on any atom is 0.417 e. The van der Waals surface area contributed by atoms with Crippen LogP contribution in [0.4, 0.5) is 13.2 Å². The van der Waals surface area contributed by atoms with Gasteiger partial charge in [0.05, 0.1) is 12.7 Å². The maximum atomic E-state index is 13.1. The number of carbonyl (C=O) groups is 1. The van der Waals surface area contributed by atoms with Crippen LogP contribution in [-0.4, -0.2) is 45.6 Å². The Kier molecular flexibility index (Phi) is 4.89. The number of likely N-dealkylation sites (tertiary alicyclic amines) is 1. The topological polar surface area (TPSA) is 59.7 Å². The van der Waals surface area contributed by atoms with Crippen molar-refractivity contribution >= 4 is 11.6 Å². The van der Waals surface area contributed by atoms with Gasteiger partial charge in [-0.15, -0.1) is 10.2 Å². The van der Waals surface area contributed by atoms with E-state index in [0.29, 0.717) is 35.9 Å². The van der Waals surface area contributed by atoms with Crippen molar-refractivity contribution in [2.75, 3.05) is 20.2 Å². The number of hydrogen-bond acceptors (Lipinski definition) is 4. The zero-order valence-corrected chi connectivity index (χ0v) is 15.7. The van der Waals surface area contributed by atoms with Crippen LogP contribution in [0.1, 0.15) is 40.5 Å². The number of alkyl halides is 3. The van der Waals surface area contributed by atoms with Gasteiger partial charge in [0.2, 0.25) is 0 Å². The standard InChI is InChI=1S/C20H19F3N4O2/c1-29-16-7-4-13(5-8-16)19(28)26-10-2-3-14(11-26)18-25-24-17-9-6-15(12-27(17)18)20(21,22)23/h4-9,12,14H,2-3,10-11H2,1H3. The fourth-order valence-corrected chi connectivity index (χ4v) is 3.64. The van der Waals surface area contributed by atoms with Gasteiger partial charge in [0.1, 0.15) is 11.6 Å². The second kappa shape index (κ2) is 7.38. The highest BCUT2D eigenvalue weighted by atomic mass is 19.4. The zero-order valence-electron chi connectivity index (χ0n) is 15.7. The molecule has 4 rings (SSSR count). The quantitative estimate of drug-likeness (QED) is 0.667. The van der Waals surface area contributed by atoms with Crippen molar-refractivity contribution in [3.63, 3.8) is 0 Å². The van der Waals surface area contributed by atoms with Gasteiger partial charge < -0.3 is 9.64 Å². The van der Waals surface area contributed by atoms with Gasteiger partial charge in [-0.2, -0.15) is 13.2 Å². The molecule has 0 bridgehead atoms. The molecule has 9 heteroatoms. The highest BCUT2D eigenvalue weighted by Gasteiger charge is 2.33. The molecular weight excluding hydrogens is 385 g/mol. The molecule has 6 nitrogen and oxygen atoms in total. The predicted molar refractivity (Wildman–Crippen MR) is 98.9 cm³/mol. The smallest absolute Gasteiger partial charge is 0.417 e. The lowest BCUT2D eigenvalue weighted by Crippen LogP contribution is -2.39. The number of ether oxygens (including phenoxy) is 1. The molecule has 1 fully saturated rings. The van der Waals surface area contributed by atoms with Gasteiger partial charge in [0, 0.05) is 30.8 Å². The molecule has 1 amide bonds. The second-order valence-corrected chi connectivity index (χ2v) is 7.02. The molecule has 1 atom stereocenters. The first-order chi connectivity index (χ1) is 13.9. The van der Waals surface area contributed by atoms with Crippen molar-refractivity contribution in [3.05, 3.63) is 59.5 Å². The highest BCUT2D eigenvalue weighted by molar-refractivity contribution is 5.94. The molecule has 0 saturated carbocycles. The number of methoxy groups -OCH3 is 1. The Morgan fingerprint density at radius 2 is 1.90 bits per heavy atom. The molecule has 0 aliphatic carbocycles. The average Bonchev–Trinajstić information content (AvgIpc) is 3.16. The number of benzene rings is 1. The van der Waals surface area contributed by atoms with Gasteiger partial charge in [-0.25, -0.2) is 0 Å². The molecule has 1 aliphatic rings. The minimum absolute atomic E-state index is 0.123. The van der Waals surface area contributed by atoms with Crippen LogP contribution in [0.25, 0.3) is 5.65 Å².